The molecular weight excluding hydrogens is 318 g/mol. The highest BCUT2D eigenvalue weighted by molar-refractivity contribution is 6.30. The summed E-state index contributed by atoms with van der Waals surface area (Å²) in [5.41, 5.74) is 1.58. The topological polar surface area (TPSA) is 87.4 Å². The lowest BCUT2D eigenvalue weighted by atomic mass is 10.1. The van der Waals surface area contributed by atoms with E-state index in [1.165, 1.54) is 16.8 Å². The van der Waals surface area contributed by atoms with Gasteiger partial charge in [0, 0.05) is 22.7 Å². The number of aromatic nitrogens is 2. The number of aromatic hydroxyl groups is 2. The number of phenolic OH excluding ortho intramolecular Hbond substituents is 2. The molecule has 3 N–H and O–H groups in total. The predicted octanol–water partition coefficient (Wildman–Crippen LogP) is 3.17. The summed E-state index contributed by atoms with van der Waals surface area (Å²) in [4.78, 5) is 10.8. The molecule has 0 saturated carbocycles. The maximum Gasteiger partial charge on any atom is 0.212 e. The Kier molecular flexibility index (Phi) is 3.91. The van der Waals surface area contributed by atoms with Crippen molar-refractivity contribution in [3.05, 3.63) is 53.6 Å². The number of halogens is 1. The third-order valence-electron chi connectivity index (χ3n) is 3.24. The fraction of sp³-hybridized carbons (Fsp3) is 0. The summed E-state index contributed by atoms with van der Waals surface area (Å²) in [7, 11) is 0. The number of benzene rings is 2. The maximum atomic E-state index is 10.8. The molecule has 0 radical (unpaired) electrons. The van der Waals surface area contributed by atoms with Gasteiger partial charge in [-0.15, -0.1) is 0 Å². The zero-order chi connectivity index (χ0) is 16.4. The minimum absolute atomic E-state index is 0.0466. The summed E-state index contributed by atoms with van der Waals surface area (Å²) in [5.74, 6) is 0.280. The van der Waals surface area contributed by atoms with Crippen molar-refractivity contribution in [2.75, 3.05) is 5.32 Å². The number of carbonyl (C=O) groups excluding carboxylic acids is 1. The van der Waals surface area contributed by atoms with Gasteiger partial charge in [0.1, 0.15) is 17.3 Å². The fourth-order valence-electron chi connectivity index (χ4n) is 2.19. The van der Waals surface area contributed by atoms with Crippen LogP contribution >= 0.6 is 11.6 Å². The first-order valence-electron chi connectivity index (χ1n) is 6.67. The lowest BCUT2D eigenvalue weighted by Crippen LogP contribution is -2.04. The van der Waals surface area contributed by atoms with E-state index in [1.807, 2.05) is 0 Å². The van der Waals surface area contributed by atoms with E-state index in [1.54, 1.807) is 36.4 Å². The zero-order valence-corrected chi connectivity index (χ0v) is 12.5. The summed E-state index contributed by atoms with van der Waals surface area (Å²) in [5, 5.41) is 26.9. The molecule has 116 valence electrons. The summed E-state index contributed by atoms with van der Waals surface area (Å²) < 4.78 is 1.52. The number of carbonyl (C=O) groups is 1. The van der Waals surface area contributed by atoms with E-state index in [0.717, 1.165) is 0 Å². The van der Waals surface area contributed by atoms with Gasteiger partial charge < -0.3 is 15.5 Å². The van der Waals surface area contributed by atoms with Crippen molar-refractivity contribution in [1.82, 2.24) is 9.78 Å². The summed E-state index contributed by atoms with van der Waals surface area (Å²) in [6.45, 7) is 0. The molecule has 0 aliphatic carbocycles. The molecule has 0 saturated heterocycles. The molecule has 0 spiro atoms. The number of anilines is 1. The summed E-state index contributed by atoms with van der Waals surface area (Å²) in [6.07, 6.45) is 0.546. The third-order valence-corrected chi connectivity index (χ3v) is 3.50. The minimum Gasteiger partial charge on any atom is -0.508 e. The molecule has 1 heterocycles. The molecule has 0 bridgehead atoms. The number of nitrogens with one attached hydrogen (secondary N) is 1. The predicted molar refractivity (Wildman–Crippen MR) is 87.0 cm³/mol. The Hall–Kier alpha value is -2.99. The van der Waals surface area contributed by atoms with Gasteiger partial charge in [-0.1, -0.05) is 11.6 Å². The molecule has 0 aliphatic rings. The van der Waals surface area contributed by atoms with Gasteiger partial charge in [-0.25, -0.2) is 4.68 Å². The van der Waals surface area contributed by atoms with Crippen molar-refractivity contribution in [1.29, 1.82) is 0 Å². The molecule has 0 fully saturated rings. The van der Waals surface area contributed by atoms with Crippen molar-refractivity contribution in [3.8, 4) is 28.4 Å². The van der Waals surface area contributed by atoms with Crippen LogP contribution in [-0.4, -0.2) is 26.4 Å². The molecule has 2 aromatic carbocycles. The van der Waals surface area contributed by atoms with Gasteiger partial charge in [0.25, 0.3) is 0 Å². The lowest BCUT2D eigenvalue weighted by Gasteiger charge is -2.06. The van der Waals surface area contributed by atoms with Crippen molar-refractivity contribution in [2.45, 2.75) is 0 Å². The van der Waals surface area contributed by atoms with Crippen LogP contribution in [0, 0.1) is 0 Å². The van der Waals surface area contributed by atoms with Gasteiger partial charge in [-0.3, -0.25) is 4.79 Å². The number of hydrogen-bond donors (Lipinski definition) is 3. The highest BCUT2D eigenvalue weighted by Crippen LogP contribution is 2.33. The normalized spacial score (nSPS) is 10.5. The fourth-order valence-corrected chi connectivity index (χ4v) is 2.32. The molecule has 0 atom stereocenters. The molecule has 3 rings (SSSR count). The first-order valence-corrected chi connectivity index (χ1v) is 7.05. The molecule has 6 nitrogen and oxygen atoms in total. The first kappa shape index (κ1) is 14.9. The molecule has 7 heteroatoms. The second kappa shape index (κ2) is 6.02. The van der Waals surface area contributed by atoms with E-state index < -0.39 is 0 Å². The van der Waals surface area contributed by atoms with Gasteiger partial charge in [-0.05, 0) is 36.4 Å². The Balaban J connectivity index is 2.11. The van der Waals surface area contributed by atoms with E-state index in [9.17, 15) is 15.0 Å². The summed E-state index contributed by atoms with van der Waals surface area (Å²) >= 11 is 5.88. The van der Waals surface area contributed by atoms with Gasteiger partial charge in [0.15, 0.2) is 0 Å². The molecule has 1 aromatic heterocycles. The van der Waals surface area contributed by atoms with Crippen LogP contribution in [0.4, 0.5) is 5.82 Å². The number of amides is 1. The quantitative estimate of drug-likeness (QED) is 0.641. The van der Waals surface area contributed by atoms with E-state index in [-0.39, 0.29) is 11.5 Å². The standard InChI is InChI=1S/C16H12ClN3O3/c17-10-1-3-11(4-2-10)20-16(18-9-21)8-14(19-20)13-6-5-12(22)7-15(13)23/h1-9,22-23H,(H,18,21). The number of hydrogen-bond acceptors (Lipinski definition) is 4. The third kappa shape index (κ3) is 2.97. The second-order valence-electron chi connectivity index (χ2n) is 4.77. The van der Waals surface area contributed by atoms with E-state index in [0.29, 0.717) is 34.2 Å². The van der Waals surface area contributed by atoms with Crippen LogP contribution in [0.2, 0.25) is 5.02 Å². The number of rotatable bonds is 4. The number of nitrogens with zero attached hydrogens (tertiary/aromatic N) is 2. The number of phenols is 2. The van der Waals surface area contributed by atoms with E-state index in [4.69, 9.17) is 11.6 Å². The van der Waals surface area contributed by atoms with Crippen molar-refractivity contribution in [3.63, 3.8) is 0 Å². The zero-order valence-electron chi connectivity index (χ0n) is 11.8. The molecule has 1 amide bonds. The SMILES string of the molecule is O=CNc1cc(-c2ccc(O)cc2O)nn1-c1ccc(Cl)cc1. The van der Waals surface area contributed by atoms with Crippen molar-refractivity contribution < 1.29 is 15.0 Å². The van der Waals surface area contributed by atoms with Gasteiger partial charge in [0.2, 0.25) is 6.41 Å². The highest BCUT2D eigenvalue weighted by atomic mass is 35.5. The Morgan fingerprint density at radius 2 is 1.83 bits per heavy atom. The van der Waals surface area contributed by atoms with Crippen LogP contribution < -0.4 is 5.32 Å². The van der Waals surface area contributed by atoms with E-state index in [2.05, 4.69) is 10.4 Å². The average Bonchev–Trinajstić information content (AvgIpc) is 2.92. The molecule has 3 aromatic rings. The van der Waals surface area contributed by atoms with Crippen LogP contribution in [0.5, 0.6) is 11.5 Å². The van der Waals surface area contributed by atoms with Gasteiger partial charge >= 0.3 is 0 Å². The van der Waals surface area contributed by atoms with Gasteiger partial charge in [-0.2, -0.15) is 5.10 Å². The van der Waals surface area contributed by atoms with Crippen LogP contribution in [0.25, 0.3) is 16.9 Å². The van der Waals surface area contributed by atoms with Gasteiger partial charge in [0.05, 0.1) is 11.4 Å². The first-order chi connectivity index (χ1) is 11.1. The Morgan fingerprint density at radius 1 is 1.09 bits per heavy atom. The van der Waals surface area contributed by atoms with Crippen LogP contribution in [-0.2, 0) is 4.79 Å². The lowest BCUT2D eigenvalue weighted by molar-refractivity contribution is -0.105. The minimum atomic E-state index is -0.108. The maximum absolute atomic E-state index is 10.8. The molecule has 0 unspecified atom stereocenters. The average molecular weight is 330 g/mol. The molecule has 0 aliphatic heterocycles. The molecule has 23 heavy (non-hydrogen) atoms. The Morgan fingerprint density at radius 3 is 2.48 bits per heavy atom. The largest absolute Gasteiger partial charge is 0.508 e. The molecular formula is C16H12ClN3O3. The van der Waals surface area contributed by atoms with Crippen molar-refractivity contribution in [2.24, 2.45) is 0 Å². The van der Waals surface area contributed by atoms with Crippen LogP contribution in [0.3, 0.4) is 0 Å². The highest BCUT2D eigenvalue weighted by Gasteiger charge is 2.14. The Labute approximate surface area is 136 Å². The Bertz CT molecular complexity index is 860. The van der Waals surface area contributed by atoms with Crippen molar-refractivity contribution >= 4 is 23.8 Å². The monoisotopic (exact) mass is 329 g/mol. The smallest absolute Gasteiger partial charge is 0.212 e. The van der Waals surface area contributed by atoms with Crippen LogP contribution in [0.15, 0.2) is 48.5 Å². The summed E-state index contributed by atoms with van der Waals surface area (Å²) in [6, 6.07) is 12.8. The van der Waals surface area contributed by atoms with Crippen LogP contribution in [0.1, 0.15) is 0 Å². The second-order valence-corrected chi connectivity index (χ2v) is 5.20. The van der Waals surface area contributed by atoms with E-state index >= 15 is 0 Å².